The number of rotatable bonds is 8. The SMILES string of the molecule is CN(CCCOc1ccc(F)cc1)C(=O)Cn1cc(C(=O)O)nn1. The molecule has 0 saturated carbocycles. The molecule has 0 aliphatic rings. The summed E-state index contributed by atoms with van der Waals surface area (Å²) >= 11 is 0. The van der Waals surface area contributed by atoms with Crippen molar-refractivity contribution >= 4 is 11.9 Å². The van der Waals surface area contributed by atoms with Gasteiger partial charge < -0.3 is 14.7 Å². The molecule has 0 fully saturated rings. The maximum absolute atomic E-state index is 12.8. The normalized spacial score (nSPS) is 10.4. The number of carbonyl (C=O) groups excluding carboxylic acids is 1. The van der Waals surface area contributed by atoms with Gasteiger partial charge >= 0.3 is 5.97 Å². The predicted octanol–water partition coefficient (Wildman–Crippen LogP) is 1.04. The summed E-state index contributed by atoms with van der Waals surface area (Å²) in [5.41, 5.74) is -0.210. The average Bonchev–Trinajstić information content (AvgIpc) is 3.01. The standard InChI is InChI=1S/C15H17FN4O4/c1-19(7-2-8-24-12-5-3-11(16)4-6-12)14(21)10-20-9-13(15(22)23)17-18-20/h3-6,9H,2,7-8,10H2,1H3,(H,22,23). The van der Waals surface area contributed by atoms with Crippen LogP contribution in [0.1, 0.15) is 16.9 Å². The minimum absolute atomic E-state index is 0.0877. The monoisotopic (exact) mass is 336 g/mol. The molecule has 0 atom stereocenters. The summed E-state index contributed by atoms with van der Waals surface area (Å²) in [5.74, 6) is -1.18. The number of carboxylic acid groups (broad SMARTS) is 1. The lowest BCUT2D eigenvalue weighted by molar-refractivity contribution is -0.130. The van der Waals surface area contributed by atoms with E-state index in [9.17, 15) is 14.0 Å². The number of aromatic nitrogens is 3. The zero-order valence-corrected chi connectivity index (χ0v) is 13.1. The van der Waals surface area contributed by atoms with Gasteiger partial charge in [0.05, 0.1) is 12.8 Å². The van der Waals surface area contributed by atoms with Crippen LogP contribution in [-0.2, 0) is 11.3 Å². The summed E-state index contributed by atoms with van der Waals surface area (Å²) in [7, 11) is 1.63. The van der Waals surface area contributed by atoms with Crippen molar-refractivity contribution in [3.63, 3.8) is 0 Å². The van der Waals surface area contributed by atoms with E-state index < -0.39 is 5.97 Å². The molecule has 1 aromatic heterocycles. The Labute approximate surface area is 137 Å². The number of aromatic carboxylic acids is 1. The largest absolute Gasteiger partial charge is 0.494 e. The van der Waals surface area contributed by atoms with Crippen LogP contribution < -0.4 is 4.74 Å². The molecule has 1 amide bonds. The molecule has 0 bridgehead atoms. The molecule has 8 nitrogen and oxygen atoms in total. The van der Waals surface area contributed by atoms with Crippen molar-refractivity contribution in [3.05, 3.63) is 42.0 Å². The Morgan fingerprint density at radius 2 is 2.04 bits per heavy atom. The van der Waals surface area contributed by atoms with Crippen molar-refractivity contribution in [1.29, 1.82) is 0 Å². The molecule has 2 rings (SSSR count). The Morgan fingerprint density at radius 3 is 2.67 bits per heavy atom. The second-order valence-corrected chi connectivity index (χ2v) is 5.08. The first-order chi connectivity index (χ1) is 11.5. The number of hydrogen-bond acceptors (Lipinski definition) is 5. The van der Waals surface area contributed by atoms with E-state index in [2.05, 4.69) is 10.3 Å². The van der Waals surface area contributed by atoms with Gasteiger partial charge in [-0.25, -0.2) is 13.9 Å². The number of nitrogens with zero attached hydrogens (tertiary/aromatic N) is 4. The maximum Gasteiger partial charge on any atom is 0.358 e. The fraction of sp³-hybridized carbons (Fsp3) is 0.333. The van der Waals surface area contributed by atoms with Gasteiger partial charge in [0.25, 0.3) is 0 Å². The smallest absolute Gasteiger partial charge is 0.358 e. The number of halogens is 1. The van der Waals surface area contributed by atoms with Gasteiger partial charge in [-0.15, -0.1) is 5.10 Å². The number of amides is 1. The van der Waals surface area contributed by atoms with Crippen molar-refractivity contribution in [2.24, 2.45) is 0 Å². The Kier molecular flexibility index (Phi) is 5.83. The van der Waals surface area contributed by atoms with E-state index in [-0.39, 0.29) is 24.0 Å². The second kappa shape index (κ2) is 8.04. The molecule has 0 spiro atoms. The third-order valence-electron chi connectivity index (χ3n) is 3.20. The summed E-state index contributed by atoms with van der Waals surface area (Å²) in [6, 6.07) is 5.70. The molecular formula is C15H17FN4O4. The van der Waals surface area contributed by atoms with Crippen LogP contribution in [0.2, 0.25) is 0 Å². The molecule has 1 heterocycles. The van der Waals surface area contributed by atoms with Crippen molar-refractivity contribution in [2.45, 2.75) is 13.0 Å². The summed E-state index contributed by atoms with van der Waals surface area (Å²) in [6.45, 7) is 0.756. The highest BCUT2D eigenvalue weighted by molar-refractivity contribution is 5.84. The fourth-order valence-electron chi connectivity index (χ4n) is 1.88. The van der Waals surface area contributed by atoms with Gasteiger partial charge in [-0.1, -0.05) is 5.21 Å². The van der Waals surface area contributed by atoms with Crippen LogP contribution in [-0.4, -0.2) is 57.1 Å². The highest BCUT2D eigenvalue weighted by atomic mass is 19.1. The molecule has 24 heavy (non-hydrogen) atoms. The summed E-state index contributed by atoms with van der Waals surface area (Å²) in [5, 5.41) is 15.8. The van der Waals surface area contributed by atoms with E-state index in [0.717, 1.165) is 0 Å². The molecule has 0 saturated heterocycles. The van der Waals surface area contributed by atoms with E-state index >= 15 is 0 Å². The lowest BCUT2D eigenvalue weighted by Crippen LogP contribution is -2.32. The lowest BCUT2D eigenvalue weighted by atomic mass is 10.3. The minimum atomic E-state index is -1.19. The zero-order valence-electron chi connectivity index (χ0n) is 13.1. The van der Waals surface area contributed by atoms with Crippen LogP contribution in [0.15, 0.2) is 30.5 Å². The van der Waals surface area contributed by atoms with Crippen molar-refractivity contribution in [2.75, 3.05) is 20.2 Å². The minimum Gasteiger partial charge on any atom is -0.494 e. The summed E-state index contributed by atoms with van der Waals surface area (Å²) in [4.78, 5) is 24.2. The topological polar surface area (TPSA) is 97.5 Å². The first kappa shape index (κ1) is 17.4. The van der Waals surface area contributed by atoms with Gasteiger partial charge in [0.2, 0.25) is 5.91 Å². The van der Waals surface area contributed by atoms with Crippen LogP contribution in [0.25, 0.3) is 0 Å². The van der Waals surface area contributed by atoms with Gasteiger partial charge in [0, 0.05) is 13.6 Å². The number of likely N-dealkylation sites (N-methyl/N-ethyl adjacent to an activating group) is 1. The molecule has 0 unspecified atom stereocenters. The molecule has 0 radical (unpaired) electrons. The molecule has 0 aliphatic carbocycles. The average molecular weight is 336 g/mol. The van der Waals surface area contributed by atoms with Crippen LogP contribution in [0, 0.1) is 5.82 Å². The Hall–Kier alpha value is -2.97. The first-order valence-electron chi connectivity index (χ1n) is 7.21. The van der Waals surface area contributed by atoms with E-state index in [1.807, 2.05) is 0 Å². The van der Waals surface area contributed by atoms with Crippen molar-refractivity contribution < 1.29 is 23.8 Å². The van der Waals surface area contributed by atoms with Crippen molar-refractivity contribution in [1.82, 2.24) is 19.9 Å². The lowest BCUT2D eigenvalue weighted by Gasteiger charge is -2.17. The molecule has 1 aromatic carbocycles. The third-order valence-corrected chi connectivity index (χ3v) is 3.20. The van der Waals surface area contributed by atoms with Crippen LogP contribution >= 0.6 is 0 Å². The van der Waals surface area contributed by atoms with Crippen LogP contribution in [0.4, 0.5) is 4.39 Å². The number of carboxylic acids is 1. The molecular weight excluding hydrogens is 319 g/mol. The number of benzene rings is 1. The molecule has 9 heteroatoms. The maximum atomic E-state index is 12.8. The molecule has 2 aromatic rings. The third kappa shape index (κ3) is 5.04. The number of carbonyl (C=O) groups is 2. The summed E-state index contributed by atoms with van der Waals surface area (Å²) in [6.07, 6.45) is 1.79. The quantitative estimate of drug-likeness (QED) is 0.724. The Morgan fingerprint density at radius 1 is 1.33 bits per heavy atom. The van der Waals surface area contributed by atoms with Gasteiger partial charge in [0.15, 0.2) is 5.69 Å². The highest BCUT2D eigenvalue weighted by Crippen LogP contribution is 2.11. The van der Waals surface area contributed by atoms with E-state index in [1.54, 1.807) is 7.05 Å². The van der Waals surface area contributed by atoms with Crippen molar-refractivity contribution in [3.8, 4) is 5.75 Å². The Balaban J connectivity index is 1.71. The zero-order chi connectivity index (χ0) is 17.5. The molecule has 1 N–H and O–H groups in total. The van der Waals surface area contributed by atoms with Gasteiger partial charge in [0.1, 0.15) is 18.1 Å². The summed E-state index contributed by atoms with van der Waals surface area (Å²) < 4.78 is 19.4. The number of ether oxygens (including phenoxy) is 1. The fourth-order valence-corrected chi connectivity index (χ4v) is 1.88. The van der Waals surface area contributed by atoms with Gasteiger partial charge in [-0.2, -0.15) is 0 Å². The van der Waals surface area contributed by atoms with Crippen LogP contribution in [0.5, 0.6) is 5.75 Å². The molecule has 128 valence electrons. The van der Waals surface area contributed by atoms with Gasteiger partial charge in [-0.05, 0) is 30.7 Å². The predicted molar refractivity (Wildman–Crippen MR) is 81.1 cm³/mol. The molecule has 0 aliphatic heterocycles. The highest BCUT2D eigenvalue weighted by Gasteiger charge is 2.13. The number of hydrogen-bond donors (Lipinski definition) is 1. The van der Waals surface area contributed by atoms with Gasteiger partial charge in [-0.3, -0.25) is 4.79 Å². The first-order valence-corrected chi connectivity index (χ1v) is 7.21. The van der Waals surface area contributed by atoms with E-state index in [1.165, 1.54) is 40.0 Å². The van der Waals surface area contributed by atoms with E-state index in [0.29, 0.717) is 25.3 Å². The Bertz CT molecular complexity index is 702. The second-order valence-electron chi connectivity index (χ2n) is 5.08. The van der Waals surface area contributed by atoms with E-state index in [4.69, 9.17) is 9.84 Å². The van der Waals surface area contributed by atoms with Crippen LogP contribution in [0.3, 0.4) is 0 Å².